The number of anilines is 1. The van der Waals surface area contributed by atoms with Gasteiger partial charge < -0.3 is 24.3 Å². The predicted octanol–water partition coefficient (Wildman–Crippen LogP) is 2.44. The largest absolute Gasteiger partial charge is 0.493 e. The summed E-state index contributed by atoms with van der Waals surface area (Å²) >= 11 is 1.21. The molecule has 0 unspecified atom stereocenters. The molecule has 136 valence electrons. The molecule has 1 aromatic heterocycles. The fourth-order valence-corrected chi connectivity index (χ4v) is 2.82. The Morgan fingerprint density at radius 3 is 2.35 bits per heavy atom. The lowest BCUT2D eigenvalue weighted by Gasteiger charge is -2.13. The molecule has 0 aliphatic heterocycles. The van der Waals surface area contributed by atoms with Crippen molar-refractivity contribution in [1.29, 1.82) is 5.26 Å². The maximum Gasteiger partial charge on any atom is 0.338 e. The molecule has 0 fully saturated rings. The van der Waals surface area contributed by atoms with Crippen LogP contribution in [0.3, 0.4) is 0 Å². The molecule has 26 heavy (non-hydrogen) atoms. The first-order valence-corrected chi connectivity index (χ1v) is 8.16. The number of esters is 1. The average Bonchev–Trinajstić information content (AvgIpc) is 3.11. The molecule has 0 spiro atoms. The number of hydrogen-bond donors (Lipinski definition) is 1. The van der Waals surface area contributed by atoms with Crippen LogP contribution in [-0.2, 0) is 9.53 Å². The number of thiophene rings is 1. The van der Waals surface area contributed by atoms with Gasteiger partial charge in [-0.1, -0.05) is 0 Å². The minimum atomic E-state index is -0.730. The second kappa shape index (κ2) is 8.73. The summed E-state index contributed by atoms with van der Waals surface area (Å²) in [5.74, 6) is -0.358. The van der Waals surface area contributed by atoms with E-state index in [0.29, 0.717) is 27.8 Å². The second-order valence-electron chi connectivity index (χ2n) is 4.81. The lowest BCUT2D eigenvalue weighted by Crippen LogP contribution is -2.21. The van der Waals surface area contributed by atoms with Gasteiger partial charge >= 0.3 is 5.97 Å². The molecule has 1 heterocycles. The van der Waals surface area contributed by atoms with Crippen LogP contribution >= 0.6 is 11.3 Å². The highest BCUT2D eigenvalue weighted by Gasteiger charge is 2.19. The first-order chi connectivity index (χ1) is 12.5. The highest BCUT2D eigenvalue weighted by atomic mass is 32.1. The second-order valence-corrected chi connectivity index (χ2v) is 5.73. The third-order valence-corrected chi connectivity index (χ3v) is 4.10. The van der Waals surface area contributed by atoms with Crippen LogP contribution in [0, 0.1) is 11.3 Å². The molecule has 1 N–H and O–H groups in total. The maximum atomic E-state index is 12.2. The van der Waals surface area contributed by atoms with E-state index in [1.807, 2.05) is 6.07 Å². The van der Waals surface area contributed by atoms with Crippen molar-refractivity contribution < 1.29 is 28.5 Å². The molecule has 0 aliphatic rings. The van der Waals surface area contributed by atoms with E-state index in [2.05, 4.69) is 5.32 Å². The molecule has 0 saturated heterocycles. The average molecular weight is 376 g/mol. The number of ether oxygens (including phenoxy) is 4. The van der Waals surface area contributed by atoms with E-state index >= 15 is 0 Å². The van der Waals surface area contributed by atoms with Gasteiger partial charge in [-0.2, -0.15) is 5.26 Å². The van der Waals surface area contributed by atoms with E-state index in [1.165, 1.54) is 44.8 Å². The summed E-state index contributed by atoms with van der Waals surface area (Å²) in [4.78, 5) is 24.1. The lowest BCUT2D eigenvalue weighted by atomic mass is 10.2. The van der Waals surface area contributed by atoms with Crippen molar-refractivity contribution in [1.82, 2.24) is 0 Å². The number of carbonyl (C=O) groups is 2. The van der Waals surface area contributed by atoms with Crippen LogP contribution < -0.4 is 19.5 Å². The van der Waals surface area contributed by atoms with Crippen molar-refractivity contribution in [3.8, 4) is 23.3 Å². The third-order valence-electron chi connectivity index (χ3n) is 3.27. The van der Waals surface area contributed by atoms with Crippen LogP contribution in [0.2, 0.25) is 0 Å². The molecule has 8 nitrogen and oxygen atoms in total. The number of amides is 1. The van der Waals surface area contributed by atoms with Crippen molar-refractivity contribution in [3.05, 3.63) is 34.7 Å². The Kier molecular flexibility index (Phi) is 6.41. The fourth-order valence-electron chi connectivity index (χ4n) is 2.07. The normalized spacial score (nSPS) is 9.77. The van der Waals surface area contributed by atoms with Gasteiger partial charge in [-0.05, 0) is 23.6 Å². The fraction of sp³-hybridized carbons (Fsp3) is 0.235. The summed E-state index contributed by atoms with van der Waals surface area (Å²) in [6, 6.07) is 6.39. The first-order valence-electron chi connectivity index (χ1n) is 7.28. The summed E-state index contributed by atoms with van der Waals surface area (Å²) in [6.45, 7) is -0.502. The Morgan fingerprint density at radius 1 is 1.15 bits per heavy atom. The van der Waals surface area contributed by atoms with E-state index < -0.39 is 18.5 Å². The standard InChI is InChI=1S/C17H16N2O6S/c1-22-12-6-11(7-13(23-2)15(12)24-3)17(21)25-9-14(20)19-16-10(8-18)4-5-26-16/h4-7H,9H2,1-3H3,(H,19,20). The number of carbonyl (C=O) groups excluding carboxylic acids is 2. The number of methoxy groups -OCH3 is 3. The van der Waals surface area contributed by atoms with E-state index in [4.69, 9.17) is 24.2 Å². The monoisotopic (exact) mass is 376 g/mol. The van der Waals surface area contributed by atoms with Crippen molar-refractivity contribution in [3.63, 3.8) is 0 Å². The minimum absolute atomic E-state index is 0.140. The Labute approximate surface area is 153 Å². The summed E-state index contributed by atoms with van der Waals surface area (Å²) in [6.07, 6.45) is 0. The molecule has 0 aliphatic carbocycles. The van der Waals surface area contributed by atoms with Crippen molar-refractivity contribution in [2.24, 2.45) is 0 Å². The molecule has 2 rings (SSSR count). The maximum absolute atomic E-state index is 12.2. The van der Waals surface area contributed by atoms with Crippen LogP contribution in [0.15, 0.2) is 23.6 Å². The summed E-state index contributed by atoms with van der Waals surface area (Å²) < 4.78 is 20.5. The molecule has 2 aromatic rings. The number of hydrogen-bond acceptors (Lipinski definition) is 8. The van der Waals surface area contributed by atoms with Crippen molar-refractivity contribution >= 4 is 28.2 Å². The van der Waals surface area contributed by atoms with Gasteiger partial charge in [0.1, 0.15) is 11.1 Å². The smallest absolute Gasteiger partial charge is 0.338 e. The van der Waals surface area contributed by atoms with Crippen molar-refractivity contribution in [2.75, 3.05) is 33.3 Å². The Balaban J connectivity index is 2.06. The predicted molar refractivity (Wildman–Crippen MR) is 94.0 cm³/mol. The third kappa shape index (κ3) is 4.23. The number of benzene rings is 1. The SMILES string of the molecule is COc1cc(C(=O)OCC(=O)Nc2sccc2C#N)cc(OC)c1OC. The minimum Gasteiger partial charge on any atom is -0.493 e. The molecule has 1 aromatic carbocycles. The molecule has 0 radical (unpaired) electrons. The topological polar surface area (TPSA) is 107 Å². The summed E-state index contributed by atoms with van der Waals surface area (Å²) in [5.41, 5.74) is 0.487. The van der Waals surface area contributed by atoms with Gasteiger partial charge in [0.25, 0.3) is 5.91 Å². The molecule has 0 atom stereocenters. The van der Waals surface area contributed by atoms with Gasteiger partial charge in [0, 0.05) is 0 Å². The van der Waals surface area contributed by atoms with E-state index in [1.54, 1.807) is 11.4 Å². The molecular formula is C17H16N2O6S. The van der Waals surface area contributed by atoms with Crippen LogP contribution in [0.5, 0.6) is 17.2 Å². The highest BCUT2D eigenvalue weighted by molar-refractivity contribution is 7.14. The van der Waals surface area contributed by atoms with Gasteiger partial charge in [-0.15, -0.1) is 11.3 Å². The lowest BCUT2D eigenvalue weighted by molar-refractivity contribution is -0.119. The first kappa shape index (κ1) is 19.1. The molecule has 0 saturated carbocycles. The molecular weight excluding hydrogens is 360 g/mol. The van der Waals surface area contributed by atoms with Gasteiger partial charge in [-0.25, -0.2) is 4.79 Å². The van der Waals surface area contributed by atoms with Gasteiger partial charge in [0.15, 0.2) is 18.1 Å². The Morgan fingerprint density at radius 2 is 1.81 bits per heavy atom. The quantitative estimate of drug-likeness (QED) is 0.740. The van der Waals surface area contributed by atoms with E-state index in [0.717, 1.165) is 0 Å². The summed E-state index contributed by atoms with van der Waals surface area (Å²) in [5, 5.41) is 13.5. The zero-order chi connectivity index (χ0) is 19.1. The number of nitrogens with zero attached hydrogens (tertiary/aromatic N) is 1. The van der Waals surface area contributed by atoms with E-state index in [-0.39, 0.29) is 5.56 Å². The molecule has 0 bridgehead atoms. The number of nitriles is 1. The number of nitrogens with one attached hydrogen (secondary N) is 1. The van der Waals surface area contributed by atoms with Crippen LogP contribution in [0.1, 0.15) is 15.9 Å². The summed E-state index contributed by atoms with van der Waals surface area (Å²) in [7, 11) is 4.30. The van der Waals surface area contributed by atoms with E-state index in [9.17, 15) is 9.59 Å². The van der Waals surface area contributed by atoms with Gasteiger partial charge in [0.2, 0.25) is 5.75 Å². The van der Waals surface area contributed by atoms with Crippen molar-refractivity contribution in [2.45, 2.75) is 0 Å². The zero-order valence-electron chi connectivity index (χ0n) is 14.3. The van der Waals surface area contributed by atoms with Gasteiger partial charge in [-0.3, -0.25) is 4.79 Å². The molecule has 9 heteroatoms. The van der Waals surface area contributed by atoms with Crippen LogP contribution in [0.25, 0.3) is 0 Å². The van der Waals surface area contributed by atoms with Crippen LogP contribution in [-0.4, -0.2) is 39.8 Å². The molecule has 1 amide bonds. The van der Waals surface area contributed by atoms with Crippen LogP contribution in [0.4, 0.5) is 5.00 Å². The van der Waals surface area contributed by atoms with Gasteiger partial charge in [0.05, 0.1) is 32.5 Å². The Hall–Kier alpha value is -3.25. The zero-order valence-corrected chi connectivity index (χ0v) is 15.1. The highest BCUT2D eigenvalue weighted by Crippen LogP contribution is 2.38. The Bertz CT molecular complexity index is 830. The number of rotatable bonds is 7.